The molecular weight excluding hydrogens is 346 g/mol. The number of hydrogen-bond donors (Lipinski definition) is 1. The molecule has 1 aromatic carbocycles. The topological polar surface area (TPSA) is 64.0 Å². The van der Waals surface area contributed by atoms with Gasteiger partial charge in [-0.1, -0.05) is 30.3 Å². The molecule has 2 aromatic heterocycles. The van der Waals surface area contributed by atoms with Crippen molar-refractivity contribution in [2.24, 2.45) is 0 Å². The van der Waals surface area contributed by atoms with E-state index in [-0.39, 0.29) is 17.5 Å². The van der Waals surface area contributed by atoms with E-state index in [9.17, 15) is 9.59 Å². The van der Waals surface area contributed by atoms with Crippen molar-refractivity contribution in [1.29, 1.82) is 0 Å². The van der Waals surface area contributed by atoms with E-state index in [0.29, 0.717) is 15.1 Å². The van der Waals surface area contributed by atoms with Crippen LogP contribution in [0.3, 0.4) is 0 Å². The van der Waals surface area contributed by atoms with Gasteiger partial charge in [0.25, 0.3) is 11.5 Å². The molecule has 0 unspecified atom stereocenters. The fourth-order valence-electron chi connectivity index (χ4n) is 3.54. The normalized spacial score (nSPS) is 14.8. The first-order valence-electron chi connectivity index (χ1n) is 8.95. The van der Waals surface area contributed by atoms with Gasteiger partial charge in [-0.2, -0.15) is 0 Å². The van der Waals surface area contributed by atoms with Crippen molar-refractivity contribution in [2.75, 3.05) is 0 Å². The molecule has 0 saturated carbocycles. The van der Waals surface area contributed by atoms with Crippen molar-refractivity contribution in [3.63, 3.8) is 0 Å². The number of hydrogen-bond acceptors (Lipinski definition) is 4. The zero-order chi connectivity index (χ0) is 18.3. The Kier molecular flexibility index (Phi) is 4.36. The van der Waals surface area contributed by atoms with Crippen LogP contribution in [0.15, 0.2) is 35.1 Å². The number of rotatable bonds is 3. The highest BCUT2D eigenvalue weighted by molar-refractivity contribution is 7.20. The molecule has 3 heterocycles. The summed E-state index contributed by atoms with van der Waals surface area (Å²) in [6, 6.07) is 9.75. The Morgan fingerprint density at radius 3 is 2.81 bits per heavy atom. The molecular formula is C20H21N3O2S. The minimum atomic E-state index is -0.149. The Morgan fingerprint density at radius 2 is 2.04 bits per heavy atom. The lowest BCUT2D eigenvalue weighted by Crippen LogP contribution is -2.28. The van der Waals surface area contributed by atoms with Gasteiger partial charge in [-0.15, -0.1) is 11.3 Å². The van der Waals surface area contributed by atoms with Crippen LogP contribution in [-0.4, -0.2) is 15.5 Å². The van der Waals surface area contributed by atoms with Crippen LogP contribution in [0.25, 0.3) is 10.2 Å². The molecule has 0 spiro atoms. The van der Waals surface area contributed by atoms with Crippen LogP contribution in [0, 0.1) is 6.92 Å². The monoisotopic (exact) mass is 367 g/mol. The standard InChI is InChI=1S/C20H21N3O2S/c1-12-16-19(22-15-10-6-7-11-23(15)20(16)25)26-17(12)18(24)21-13(2)14-8-4-3-5-9-14/h3-5,8-9,13H,6-7,10-11H2,1-2H3,(H,21,24)/t13-/m1/s1. The largest absolute Gasteiger partial charge is 0.345 e. The molecule has 1 aliphatic rings. The summed E-state index contributed by atoms with van der Waals surface area (Å²) in [5.41, 5.74) is 1.78. The highest BCUT2D eigenvalue weighted by Gasteiger charge is 2.23. The van der Waals surface area contributed by atoms with E-state index in [1.165, 1.54) is 11.3 Å². The van der Waals surface area contributed by atoms with Gasteiger partial charge in [-0.3, -0.25) is 14.2 Å². The first-order chi connectivity index (χ1) is 12.6. The quantitative estimate of drug-likeness (QED) is 0.769. The van der Waals surface area contributed by atoms with Crippen LogP contribution in [0.1, 0.15) is 52.4 Å². The summed E-state index contributed by atoms with van der Waals surface area (Å²) >= 11 is 1.32. The summed E-state index contributed by atoms with van der Waals surface area (Å²) in [6.07, 6.45) is 2.89. The first kappa shape index (κ1) is 17.0. The van der Waals surface area contributed by atoms with E-state index in [2.05, 4.69) is 10.3 Å². The van der Waals surface area contributed by atoms with Gasteiger partial charge in [-0.05, 0) is 37.8 Å². The van der Waals surface area contributed by atoms with Gasteiger partial charge in [0.1, 0.15) is 10.7 Å². The van der Waals surface area contributed by atoms with Gasteiger partial charge in [0, 0.05) is 13.0 Å². The van der Waals surface area contributed by atoms with Gasteiger partial charge in [-0.25, -0.2) is 4.98 Å². The van der Waals surface area contributed by atoms with Crippen molar-refractivity contribution in [2.45, 2.75) is 45.7 Å². The van der Waals surface area contributed by atoms with Crippen LogP contribution in [0.4, 0.5) is 0 Å². The molecule has 3 aromatic rings. The van der Waals surface area contributed by atoms with Crippen LogP contribution in [-0.2, 0) is 13.0 Å². The molecule has 0 bridgehead atoms. The zero-order valence-electron chi connectivity index (χ0n) is 14.9. The predicted molar refractivity (Wildman–Crippen MR) is 104 cm³/mol. The van der Waals surface area contributed by atoms with Crippen molar-refractivity contribution in [3.8, 4) is 0 Å². The Bertz CT molecular complexity index is 1040. The highest BCUT2D eigenvalue weighted by Crippen LogP contribution is 2.29. The fraction of sp³-hybridized carbons (Fsp3) is 0.350. The number of benzene rings is 1. The number of nitrogens with one attached hydrogen (secondary N) is 1. The molecule has 4 rings (SSSR count). The maximum Gasteiger partial charge on any atom is 0.262 e. The summed E-state index contributed by atoms with van der Waals surface area (Å²) in [5.74, 6) is 0.698. The lowest BCUT2D eigenvalue weighted by atomic mass is 10.1. The molecule has 0 fully saturated rings. The maximum absolute atomic E-state index is 12.9. The Labute approximate surface area is 155 Å². The molecule has 6 heteroatoms. The number of amides is 1. The van der Waals surface area contributed by atoms with Crippen LogP contribution in [0.2, 0.25) is 0 Å². The second kappa shape index (κ2) is 6.68. The fourth-order valence-corrected chi connectivity index (χ4v) is 4.63. The van der Waals surface area contributed by atoms with Crippen LogP contribution < -0.4 is 10.9 Å². The average molecular weight is 367 g/mol. The Morgan fingerprint density at radius 1 is 1.27 bits per heavy atom. The Balaban J connectivity index is 1.70. The van der Waals surface area contributed by atoms with Crippen molar-refractivity contribution in [1.82, 2.24) is 14.9 Å². The molecule has 1 aliphatic heterocycles. The molecule has 26 heavy (non-hydrogen) atoms. The summed E-state index contributed by atoms with van der Waals surface area (Å²) in [5, 5.41) is 3.63. The van der Waals surface area contributed by atoms with Crippen LogP contribution in [0.5, 0.6) is 0 Å². The first-order valence-corrected chi connectivity index (χ1v) is 9.76. The molecule has 5 nitrogen and oxygen atoms in total. The third-order valence-corrected chi connectivity index (χ3v) is 6.20. The SMILES string of the molecule is Cc1c(C(=O)N[C@H](C)c2ccccc2)sc2nc3n(c(=O)c12)CCCC3. The molecule has 1 N–H and O–H groups in total. The number of carbonyl (C=O) groups is 1. The third kappa shape index (κ3) is 2.84. The predicted octanol–water partition coefficient (Wildman–Crippen LogP) is 3.59. The molecule has 0 saturated heterocycles. The number of nitrogens with zero attached hydrogens (tertiary/aromatic N) is 2. The van der Waals surface area contributed by atoms with E-state index >= 15 is 0 Å². The Hall–Kier alpha value is -2.47. The van der Waals surface area contributed by atoms with E-state index in [1.54, 1.807) is 4.57 Å². The summed E-state index contributed by atoms with van der Waals surface area (Å²) in [6.45, 7) is 4.53. The second-order valence-electron chi connectivity index (χ2n) is 6.78. The molecule has 1 atom stereocenters. The minimum absolute atomic E-state index is 0.00592. The van der Waals surface area contributed by atoms with E-state index in [4.69, 9.17) is 0 Å². The van der Waals surface area contributed by atoms with E-state index < -0.39 is 0 Å². The van der Waals surface area contributed by atoms with Crippen molar-refractivity contribution < 1.29 is 4.79 Å². The zero-order valence-corrected chi connectivity index (χ0v) is 15.7. The smallest absolute Gasteiger partial charge is 0.262 e. The average Bonchev–Trinajstić information content (AvgIpc) is 2.99. The van der Waals surface area contributed by atoms with Crippen molar-refractivity contribution in [3.05, 3.63) is 62.5 Å². The number of fused-ring (bicyclic) bond motifs is 2. The minimum Gasteiger partial charge on any atom is -0.345 e. The number of carbonyl (C=O) groups excluding carboxylic acids is 1. The number of aryl methyl sites for hydroxylation is 2. The summed E-state index contributed by atoms with van der Waals surface area (Å²) < 4.78 is 1.78. The molecule has 1 amide bonds. The van der Waals surface area contributed by atoms with E-state index in [1.807, 2.05) is 44.2 Å². The summed E-state index contributed by atoms with van der Waals surface area (Å²) in [4.78, 5) is 31.6. The van der Waals surface area contributed by atoms with Crippen LogP contribution >= 0.6 is 11.3 Å². The van der Waals surface area contributed by atoms with Gasteiger partial charge in [0.05, 0.1) is 16.3 Å². The maximum atomic E-state index is 12.9. The van der Waals surface area contributed by atoms with Crippen molar-refractivity contribution >= 4 is 27.5 Å². The van der Waals surface area contributed by atoms with Gasteiger partial charge < -0.3 is 5.32 Å². The molecule has 134 valence electrons. The number of aromatic nitrogens is 2. The van der Waals surface area contributed by atoms with Gasteiger partial charge in [0.15, 0.2) is 0 Å². The van der Waals surface area contributed by atoms with Gasteiger partial charge >= 0.3 is 0 Å². The van der Waals surface area contributed by atoms with E-state index in [0.717, 1.165) is 42.8 Å². The third-order valence-electron chi connectivity index (χ3n) is 5.01. The lowest BCUT2D eigenvalue weighted by Gasteiger charge is -2.16. The highest BCUT2D eigenvalue weighted by atomic mass is 32.1. The van der Waals surface area contributed by atoms with Gasteiger partial charge in [0.2, 0.25) is 0 Å². The second-order valence-corrected chi connectivity index (χ2v) is 7.78. The molecule has 0 radical (unpaired) electrons. The number of thiophene rings is 1. The lowest BCUT2D eigenvalue weighted by molar-refractivity contribution is 0.0943. The summed E-state index contributed by atoms with van der Waals surface area (Å²) in [7, 11) is 0. The molecule has 0 aliphatic carbocycles.